The first kappa shape index (κ1) is 23.5. The molecule has 2 aromatic heterocycles. The lowest BCUT2D eigenvalue weighted by molar-refractivity contribution is 0.0598. The minimum absolute atomic E-state index is 0.141. The molecule has 0 fully saturated rings. The van der Waals surface area contributed by atoms with Crippen LogP contribution in [0.25, 0.3) is 16.6 Å². The van der Waals surface area contributed by atoms with Crippen molar-refractivity contribution in [2.24, 2.45) is 5.92 Å². The molecule has 0 aliphatic heterocycles. The molecule has 0 N–H and O–H groups in total. The van der Waals surface area contributed by atoms with Gasteiger partial charge in [-0.2, -0.15) is 0 Å². The second kappa shape index (κ2) is 10.1. The monoisotopic (exact) mass is 457 g/mol. The zero-order chi connectivity index (χ0) is 24.2. The average Bonchev–Trinajstić information content (AvgIpc) is 3.39. The van der Waals surface area contributed by atoms with Crippen molar-refractivity contribution >= 4 is 16.8 Å². The van der Waals surface area contributed by atoms with E-state index in [-0.39, 0.29) is 23.1 Å². The van der Waals surface area contributed by atoms with Gasteiger partial charge in [-0.1, -0.05) is 52.0 Å². The maximum Gasteiger partial charge on any atom is 0.290 e. The largest absolute Gasteiger partial charge is 0.459 e. The van der Waals surface area contributed by atoms with E-state index in [9.17, 15) is 9.59 Å². The summed E-state index contributed by atoms with van der Waals surface area (Å²) in [6, 6.07) is 18.3. The first-order valence-electron chi connectivity index (χ1n) is 11.9. The summed E-state index contributed by atoms with van der Waals surface area (Å²) in [4.78, 5) is 34.0. The number of hydrogen-bond donors (Lipinski definition) is 0. The smallest absolute Gasteiger partial charge is 0.290 e. The molecule has 1 amide bonds. The van der Waals surface area contributed by atoms with E-state index in [0.29, 0.717) is 29.7 Å². The fourth-order valence-electron chi connectivity index (χ4n) is 4.33. The van der Waals surface area contributed by atoms with Crippen molar-refractivity contribution in [3.05, 3.63) is 94.4 Å². The highest BCUT2D eigenvalue weighted by Gasteiger charge is 2.31. The lowest BCUT2D eigenvalue weighted by atomic mass is 10.1. The summed E-state index contributed by atoms with van der Waals surface area (Å²) in [5.41, 5.74) is 2.41. The van der Waals surface area contributed by atoms with Gasteiger partial charge in [0.1, 0.15) is 5.82 Å². The van der Waals surface area contributed by atoms with Crippen LogP contribution in [0.5, 0.6) is 0 Å². The SMILES string of the molecule is CCc1ccc(-n2c(C(CC)N(CC(C)C)C(=O)c3ccco3)nc3ccccc3c2=O)cc1. The number of aryl methyl sites for hydroxylation is 1. The third-order valence-corrected chi connectivity index (χ3v) is 6.02. The number of fused-ring (bicyclic) bond motifs is 1. The molecule has 1 unspecified atom stereocenters. The number of nitrogens with zero attached hydrogens (tertiary/aromatic N) is 3. The maximum absolute atomic E-state index is 13.8. The van der Waals surface area contributed by atoms with Gasteiger partial charge >= 0.3 is 0 Å². The molecule has 0 spiro atoms. The number of aromatic nitrogens is 2. The van der Waals surface area contributed by atoms with E-state index in [2.05, 4.69) is 20.8 Å². The van der Waals surface area contributed by atoms with Crippen molar-refractivity contribution in [1.29, 1.82) is 0 Å². The molecule has 2 heterocycles. The Morgan fingerprint density at radius 1 is 1.03 bits per heavy atom. The highest BCUT2D eigenvalue weighted by Crippen LogP contribution is 2.28. The van der Waals surface area contributed by atoms with Crippen LogP contribution in [0.2, 0.25) is 0 Å². The van der Waals surface area contributed by atoms with Gasteiger partial charge in [0, 0.05) is 6.54 Å². The Labute approximate surface area is 199 Å². The molecule has 0 aliphatic rings. The minimum Gasteiger partial charge on any atom is -0.459 e. The number of hydrogen-bond acceptors (Lipinski definition) is 4. The first-order valence-corrected chi connectivity index (χ1v) is 11.9. The topological polar surface area (TPSA) is 68.3 Å². The molecule has 0 bridgehead atoms. The van der Waals surface area contributed by atoms with E-state index < -0.39 is 6.04 Å². The summed E-state index contributed by atoms with van der Waals surface area (Å²) >= 11 is 0. The lowest BCUT2D eigenvalue weighted by Gasteiger charge is -2.33. The highest BCUT2D eigenvalue weighted by atomic mass is 16.3. The molecule has 4 aromatic rings. The molecule has 6 nitrogen and oxygen atoms in total. The zero-order valence-corrected chi connectivity index (χ0v) is 20.2. The Bertz CT molecular complexity index is 1320. The van der Waals surface area contributed by atoms with E-state index in [1.807, 2.05) is 49.4 Å². The molecule has 0 radical (unpaired) electrons. The van der Waals surface area contributed by atoms with Crippen LogP contribution in [-0.4, -0.2) is 26.9 Å². The van der Waals surface area contributed by atoms with Crippen molar-refractivity contribution < 1.29 is 9.21 Å². The molecular weight excluding hydrogens is 426 g/mol. The Morgan fingerprint density at radius 3 is 2.38 bits per heavy atom. The van der Waals surface area contributed by atoms with Crippen molar-refractivity contribution in [2.75, 3.05) is 6.54 Å². The molecule has 176 valence electrons. The molecule has 4 rings (SSSR count). The predicted molar refractivity (Wildman–Crippen MR) is 134 cm³/mol. The number of furan rings is 1. The first-order chi connectivity index (χ1) is 16.4. The van der Waals surface area contributed by atoms with Gasteiger partial charge in [0.05, 0.1) is 28.9 Å². The van der Waals surface area contributed by atoms with Crippen LogP contribution in [0.4, 0.5) is 0 Å². The second-order valence-corrected chi connectivity index (χ2v) is 8.90. The van der Waals surface area contributed by atoms with Gasteiger partial charge in [-0.15, -0.1) is 0 Å². The van der Waals surface area contributed by atoms with Gasteiger partial charge in [0.15, 0.2) is 5.76 Å². The average molecular weight is 458 g/mol. The van der Waals surface area contributed by atoms with Gasteiger partial charge in [0.25, 0.3) is 11.5 Å². The van der Waals surface area contributed by atoms with Crippen molar-refractivity contribution in [2.45, 2.75) is 46.6 Å². The quantitative estimate of drug-likeness (QED) is 0.336. The van der Waals surface area contributed by atoms with Crippen molar-refractivity contribution in [3.63, 3.8) is 0 Å². The number of benzene rings is 2. The molecule has 1 atom stereocenters. The molecule has 0 saturated heterocycles. The number of carbonyl (C=O) groups excluding carboxylic acids is 1. The molecule has 0 aliphatic carbocycles. The molecular formula is C28H31N3O3. The van der Waals surface area contributed by atoms with Crippen LogP contribution in [-0.2, 0) is 6.42 Å². The van der Waals surface area contributed by atoms with Crippen LogP contribution < -0.4 is 5.56 Å². The molecule has 34 heavy (non-hydrogen) atoms. The van der Waals surface area contributed by atoms with Crippen LogP contribution >= 0.6 is 0 Å². The third kappa shape index (κ3) is 4.53. The summed E-state index contributed by atoms with van der Waals surface area (Å²) < 4.78 is 7.11. The minimum atomic E-state index is -0.414. The summed E-state index contributed by atoms with van der Waals surface area (Å²) in [6.07, 6.45) is 3.01. The fourth-order valence-corrected chi connectivity index (χ4v) is 4.33. The van der Waals surface area contributed by atoms with Crippen molar-refractivity contribution in [3.8, 4) is 5.69 Å². The fraction of sp³-hybridized carbons (Fsp3) is 0.321. The molecule has 2 aromatic carbocycles. The number of carbonyl (C=O) groups is 1. The third-order valence-electron chi connectivity index (χ3n) is 6.02. The van der Waals surface area contributed by atoms with Gasteiger partial charge in [-0.05, 0) is 60.7 Å². The Hall–Kier alpha value is -3.67. The van der Waals surface area contributed by atoms with E-state index in [4.69, 9.17) is 9.40 Å². The summed E-state index contributed by atoms with van der Waals surface area (Å²) in [5.74, 6) is 0.843. The normalized spacial score (nSPS) is 12.3. The maximum atomic E-state index is 13.8. The highest BCUT2D eigenvalue weighted by molar-refractivity contribution is 5.91. The van der Waals surface area contributed by atoms with Gasteiger partial charge in [-0.3, -0.25) is 14.2 Å². The zero-order valence-electron chi connectivity index (χ0n) is 20.2. The standard InChI is InChI=1S/C28H31N3O3/c1-5-20-13-15-21(16-14-20)31-26(29-23-11-8-7-10-22(23)27(31)32)24(6-2)30(18-19(3)4)28(33)25-12-9-17-34-25/h7-17,19,24H,5-6,18H2,1-4H3. The second-order valence-electron chi connectivity index (χ2n) is 8.90. The Balaban J connectivity index is 1.95. The Kier molecular flexibility index (Phi) is 6.96. The molecule has 0 saturated carbocycles. The molecule has 6 heteroatoms. The van der Waals surface area contributed by atoms with Crippen molar-refractivity contribution in [1.82, 2.24) is 14.5 Å². The van der Waals surface area contributed by atoms with Gasteiger partial charge in [0.2, 0.25) is 0 Å². The summed E-state index contributed by atoms with van der Waals surface area (Å²) in [5, 5.41) is 0.549. The number of amides is 1. The van der Waals surface area contributed by atoms with Crippen LogP contribution in [0.1, 0.15) is 62.1 Å². The van der Waals surface area contributed by atoms with E-state index in [0.717, 1.165) is 12.1 Å². The number of rotatable bonds is 8. The summed E-state index contributed by atoms with van der Waals surface area (Å²) in [6.45, 7) is 8.76. The van der Waals surface area contributed by atoms with Gasteiger partial charge in [-0.25, -0.2) is 4.98 Å². The van der Waals surface area contributed by atoms with Crippen LogP contribution in [0.3, 0.4) is 0 Å². The van der Waals surface area contributed by atoms with Gasteiger partial charge < -0.3 is 9.32 Å². The van der Waals surface area contributed by atoms with E-state index in [1.165, 1.54) is 11.8 Å². The summed E-state index contributed by atoms with van der Waals surface area (Å²) in [7, 11) is 0. The van der Waals surface area contributed by atoms with Crippen LogP contribution in [0.15, 0.2) is 76.1 Å². The lowest BCUT2D eigenvalue weighted by Crippen LogP contribution is -2.40. The predicted octanol–water partition coefficient (Wildman–Crippen LogP) is 5.79. The van der Waals surface area contributed by atoms with Crippen LogP contribution in [0, 0.1) is 5.92 Å². The van der Waals surface area contributed by atoms with E-state index in [1.54, 1.807) is 27.7 Å². The Morgan fingerprint density at radius 2 is 1.76 bits per heavy atom. The number of para-hydroxylation sites is 1. The van der Waals surface area contributed by atoms with E-state index >= 15 is 0 Å².